The van der Waals surface area contributed by atoms with E-state index in [4.69, 9.17) is 4.52 Å². The molecule has 2 aliphatic heterocycles. The maximum atomic E-state index is 12.9. The highest BCUT2D eigenvalue weighted by Crippen LogP contribution is 2.31. The molecule has 2 amide bonds. The van der Waals surface area contributed by atoms with E-state index < -0.39 is 0 Å². The zero-order chi connectivity index (χ0) is 15.3. The van der Waals surface area contributed by atoms with E-state index in [0.29, 0.717) is 30.0 Å². The molecule has 0 radical (unpaired) electrons. The van der Waals surface area contributed by atoms with Gasteiger partial charge in [-0.05, 0) is 13.3 Å². The van der Waals surface area contributed by atoms with Crippen molar-refractivity contribution in [3.63, 3.8) is 0 Å². The number of rotatable bonds is 2. The second kappa shape index (κ2) is 4.69. The number of aromatic nitrogens is 1. The number of aryl methyl sites for hydroxylation is 1. The van der Waals surface area contributed by atoms with E-state index in [1.807, 2.05) is 30.3 Å². The lowest BCUT2D eigenvalue weighted by Gasteiger charge is -2.26. The second-order valence-corrected chi connectivity index (χ2v) is 5.74. The summed E-state index contributed by atoms with van der Waals surface area (Å²) in [7, 11) is 0. The van der Waals surface area contributed by atoms with E-state index in [1.165, 1.54) is 0 Å². The van der Waals surface area contributed by atoms with Crippen LogP contribution in [0, 0.1) is 6.92 Å². The van der Waals surface area contributed by atoms with Gasteiger partial charge in [0.15, 0.2) is 0 Å². The molecule has 0 saturated carbocycles. The predicted octanol–water partition coefficient (Wildman–Crippen LogP) is 1.36. The minimum atomic E-state index is -0.365. The van der Waals surface area contributed by atoms with Gasteiger partial charge in [0.1, 0.15) is 23.1 Å². The fourth-order valence-corrected chi connectivity index (χ4v) is 3.27. The van der Waals surface area contributed by atoms with Crippen LogP contribution in [0.4, 0.5) is 0 Å². The molecule has 2 aliphatic rings. The van der Waals surface area contributed by atoms with Crippen molar-refractivity contribution >= 4 is 11.8 Å². The molecule has 3 heterocycles. The molecule has 0 unspecified atom stereocenters. The first-order valence-electron chi connectivity index (χ1n) is 7.28. The lowest BCUT2D eigenvalue weighted by atomic mass is 10.0. The van der Waals surface area contributed by atoms with Crippen molar-refractivity contribution in [2.45, 2.75) is 25.4 Å². The van der Waals surface area contributed by atoms with Gasteiger partial charge < -0.3 is 14.7 Å². The predicted molar refractivity (Wildman–Crippen MR) is 78.0 cm³/mol. The molecule has 2 atom stereocenters. The average molecular weight is 297 g/mol. The Morgan fingerprint density at radius 3 is 2.82 bits per heavy atom. The van der Waals surface area contributed by atoms with Gasteiger partial charge in [0.05, 0.1) is 0 Å². The average Bonchev–Trinajstić information content (AvgIpc) is 3.20. The SMILES string of the molecule is Cc1onc(-c2ccccc2)c1C(=O)N1C[C@@H]2C[C@H]1C(=O)N2. The van der Waals surface area contributed by atoms with Crippen molar-refractivity contribution in [2.24, 2.45) is 0 Å². The van der Waals surface area contributed by atoms with Crippen LogP contribution in [-0.2, 0) is 4.79 Å². The van der Waals surface area contributed by atoms with Crippen molar-refractivity contribution in [1.82, 2.24) is 15.4 Å². The molecule has 1 aromatic carbocycles. The number of nitrogens with one attached hydrogen (secondary N) is 1. The Morgan fingerprint density at radius 1 is 1.36 bits per heavy atom. The third-order valence-corrected chi connectivity index (χ3v) is 4.33. The molecular formula is C16H15N3O3. The topological polar surface area (TPSA) is 75.4 Å². The van der Waals surface area contributed by atoms with Gasteiger partial charge in [-0.1, -0.05) is 35.5 Å². The Balaban J connectivity index is 1.73. The number of amides is 2. The van der Waals surface area contributed by atoms with Gasteiger partial charge in [-0.3, -0.25) is 9.59 Å². The Bertz CT molecular complexity index is 753. The highest BCUT2D eigenvalue weighted by Gasteiger charge is 2.47. The molecule has 2 aromatic rings. The maximum absolute atomic E-state index is 12.9. The summed E-state index contributed by atoms with van der Waals surface area (Å²) in [5, 5.41) is 6.91. The Morgan fingerprint density at radius 2 is 2.14 bits per heavy atom. The summed E-state index contributed by atoms with van der Waals surface area (Å²) in [4.78, 5) is 26.4. The lowest BCUT2D eigenvalue weighted by molar-refractivity contribution is -0.124. The number of benzene rings is 1. The van der Waals surface area contributed by atoms with Crippen LogP contribution in [0.15, 0.2) is 34.9 Å². The van der Waals surface area contributed by atoms with E-state index in [1.54, 1.807) is 11.8 Å². The normalized spacial score (nSPS) is 23.0. The molecule has 6 heteroatoms. The molecule has 2 fully saturated rings. The molecule has 4 rings (SSSR count). The van der Waals surface area contributed by atoms with Gasteiger partial charge in [-0.25, -0.2) is 0 Å². The van der Waals surface area contributed by atoms with Crippen LogP contribution in [0.3, 0.4) is 0 Å². The Kier molecular flexibility index (Phi) is 2.79. The summed E-state index contributed by atoms with van der Waals surface area (Å²) in [6.07, 6.45) is 0.690. The van der Waals surface area contributed by atoms with E-state index in [2.05, 4.69) is 10.5 Å². The molecule has 6 nitrogen and oxygen atoms in total. The summed E-state index contributed by atoms with van der Waals surface area (Å²) in [5.74, 6) is 0.229. The summed E-state index contributed by atoms with van der Waals surface area (Å²) >= 11 is 0. The Hall–Kier alpha value is -2.63. The number of nitrogens with zero attached hydrogens (tertiary/aromatic N) is 2. The molecule has 2 saturated heterocycles. The molecule has 2 bridgehead atoms. The van der Waals surface area contributed by atoms with Crippen molar-refractivity contribution < 1.29 is 14.1 Å². The molecular weight excluding hydrogens is 282 g/mol. The van der Waals surface area contributed by atoms with Gasteiger partial charge in [0.25, 0.3) is 5.91 Å². The third-order valence-electron chi connectivity index (χ3n) is 4.33. The number of likely N-dealkylation sites (tertiary alicyclic amines) is 1. The van der Waals surface area contributed by atoms with Gasteiger partial charge >= 0.3 is 0 Å². The first kappa shape index (κ1) is 13.1. The van der Waals surface area contributed by atoms with Crippen molar-refractivity contribution in [3.8, 4) is 11.3 Å². The van der Waals surface area contributed by atoms with Crippen LogP contribution < -0.4 is 5.32 Å². The Labute approximate surface area is 127 Å². The fraction of sp³-hybridized carbons (Fsp3) is 0.312. The second-order valence-electron chi connectivity index (χ2n) is 5.74. The number of carbonyl (C=O) groups excluding carboxylic acids is 2. The summed E-state index contributed by atoms with van der Waals surface area (Å²) in [6, 6.07) is 9.16. The van der Waals surface area contributed by atoms with E-state index >= 15 is 0 Å². The molecule has 22 heavy (non-hydrogen) atoms. The smallest absolute Gasteiger partial charge is 0.260 e. The number of piperazine rings is 1. The largest absolute Gasteiger partial charge is 0.360 e. The summed E-state index contributed by atoms with van der Waals surface area (Å²) in [6.45, 7) is 2.27. The maximum Gasteiger partial charge on any atom is 0.260 e. The van der Waals surface area contributed by atoms with Gasteiger partial charge in [0, 0.05) is 18.2 Å². The zero-order valence-corrected chi connectivity index (χ0v) is 12.1. The molecule has 0 aliphatic carbocycles. The molecule has 112 valence electrons. The third kappa shape index (κ3) is 1.83. The minimum Gasteiger partial charge on any atom is -0.360 e. The van der Waals surface area contributed by atoms with Gasteiger partial charge in [-0.2, -0.15) is 0 Å². The van der Waals surface area contributed by atoms with E-state index in [-0.39, 0.29) is 23.9 Å². The van der Waals surface area contributed by atoms with Crippen LogP contribution in [0.1, 0.15) is 22.5 Å². The van der Waals surface area contributed by atoms with Crippen molar-refractivity contribution in [2.75, 3.05) is 6.54 Å². The monoisotopic (exact) mass is 297 g/mol. The lowest BCUT2D eigenvalue weighted by Crippen LogP contribution is -2.50. The first-order valence-corrected chi connectivity index (χ1v) is 7.28. The highest BCUT2D eigenvalue weighted by atomic mass is 16.5. The fourth-order valence-electron chi connectivity index (χ4n) is 3.27. The number of hydrogen-bond acceptors (Lipinski definition) is 4. The molecule has 1 N–H and O–H groups in total. The van der Waals surface area contributed by atoms with Gasteiger partial charge in [0.2, 0.25) is 5.91 Å². The zero-order valence-electron chi connectivity index (χ0n) is 12.1. The minimum absolute atomic E-state index is 0.0695. The van der Waals surface area contributed by atoms with Crippen molar-refractivity contribution in [3.05, 3.63) is 41.7 Å². The van der Waals surface area contributed by atoms with Crippen molar-refractivity contribution in [1.29, 1.82) is 0 Å². The summed E-state index contributed by atoms with van der Waals surface area (Å²) in [5.41, 5.74) is 1.81. The highest BCUT2D eigenvalue weighted by molar-refractivity contribution is 6.03. The first-order chi connectivity index (χ1) is 10.6. The molecule has 1 aromatic heterocycles. The summed E-state index contributed by atoms with van der Waals surface area (Å²) < 4.78 is 5.24. The van der Waals surface area contributed by atoms with E-state index in [9.17, 15) is 9.59 Å². The number of carbonyl (C=O) groups is 2. The standard InChI is InChI=1S/C16H15N3O3/c1-9-13(14(18-22-9)10-5-3-2-4-6-10)16(21)19-8-11-7-12(19)15(20)17-11/h2-6,11-12H,7-8H2,1H3,(H,17,20)/t11-,12-/m0/s1. The quantitative estimate of drug-likeness (QED) is 0.908. The molecule has 0 spiro atoms. The van der Waals surface area contributed by atoms with Gasteiger partial charge in [-0.15, -0.1) is 0 Å². The number of hydrogen-bond donors (Lipinski definition) is 1. The van der Waals surface area contributed by atoms with Crippen LogP contribution in [0.2, 0.25) is 0 Å². The van der Waals surface area contributed by atoms with Crippen LogP contribution >= 0.6 is 0 Å². The number of fused-ring (bicyclic) bond motifs is 2. The van der Waals surface area contributed by atoms with Crippen LogP contribution in [-0.4, -0.2) is 40.5 Å². The van der Waals surface area contributed by atoms with Crippen LogP contribution in [0.5, 0.6) is 0 Å². The van der Waals surface area contributed by atoms with Crippen LogP contribution in [0.25, 0.3) is 11.3 Å². The van der Waals surface area contributed by atoms with E-state index in [0.717, 1.165) is 5.56 Å².